The number of benzene rings is 2. The first-order valence-electron chi connectivity index (χ1n) is 7.34. The lowest BCUT2D eigenvalue weighted by molar-refractivity contribution is -0.117. The molecule has 0 spiro atoms. The molecule has 0 unspecified atom stereocenters. The van der Waals surface area contributed by atoms with Gasteiger partial charge in [0.25, 0.3) is 0 Å². The van der Waals surface area contributed by atoms with Crippen LogP contribution in [-0.2, 0) is 17.8 Å². The summed E-state index contributed by atoms with van der Waals surface area (Å²) in [5.74, 6) is -0.0468. The van der Waals surface area contributed by atoms with Crippen LogP contribution in [0.3, 0.4) is 0 Å². The lowest BCUT2D eigenvalue weighted by Gasteiger charge is -2.28. The first-order chi connectivity index (χ1) is 10.7. The normalized spacial score (nSPS) is 14.0. The topological polar surface area (TPSA) is 56.1 Å². The molecule has 0 bridgehead atoms. The molecule has 4 nitrogen and oxygen atoms in total. The summed E-state index contributed by atoms with van der Waals surface area (Å²) in [6.07, 6.45) is 0.980. The molecule has 2 aromatic rings. The Morgan fingerprint density at radius 2 is 2.00 bits per heavy atom. The van der Waals surface area contributed by atoms with Crippen molar-refractivity contribution in [3.8, 4) is 6.07 Å². The van der Waals surface area contributed by atoms with Crippen molar-refractivity contribution in [3.63, 3.8) is 0 Å². The van der Waals surface area contributed by atoms with Crippen LogP contribution < -0.4 is 5.32 Å². The summed E-state index contributed by atoms with van der Waals surface area (Å²) in [5.41, 5.74) is 3.89. The van der Waals surface area contributed by atoms with Crippen LogP contribution in [0.15, 0.2) is 48.5 Å². The smallest absolute Gasteiger partial charge is 0.238 e. The van der Waals surface area contributed by atoms with E-state index in [4.69, 9.17) is 5.26 Å². The number of anilines is 1. The number of nitriles is 1. The Hall–Kier alpha value is -2.64. The zero-order chi connectivity index (χ0) is 15.4. The maximum atomic E-state index is 12.2. The van der Waals surface area contributed by atoms with Gasteiger partial charge in [0, 0.05) is 18.8 Å². The van der Waals surface area contributed by atoms with Crippen molar-refractivity contribution in [2.24, 2.45) is 0 Å². The Labute approximate surface area is 130 Å². The first kappa shape index (κ1) is 14.3. The average molecular weight is 291 g/mol. The summed E-state index contributed by atoms with van der Waals surface area (Å²) in [6.45, 7) is 2.07. The number of amides is 1. The lowest BCUT2D eigenvalue weighted by atomic mass is 10.00. The largest absolute Gasteiger partial charge is 0.325 e. The molecule has 1 heterocycles. The van der Waals surface area contributed by atoms with Gasteiger partial charge >= 0.3 is 0 Å². The van der Waals surface area contributed by atoms with E-state index in [2.05, 4.69) is 34.5 Å². The van der Waals surface area contributed by atoms with E-state index < -0.39 is 0 Å². The second-order valence-corrected chi connectivity index (χ2v) is 5.47. The maximum absolute atomic E-state index is 12.2. The highest BCUT2D eigenvalue weighted by Crippen LogP contribution is 2.18. The Morgan fingerprint density at radius 3 is 2.82 bits per heavy atom. The predicted molar refractivity (Wildman–Crippen MR) is 85.2 cm³/mol. The molecule has 1 aliphatic rings. The average Bonchev–Trinajstić information content (AvgIpc) is 2.55. The number of carbonyl (C=O) groups excluding carboxylic acids is 1. The molecule has 3 rings (SSSR count). The van der Waals surface area contributed by atoms with E-state index in [-0.39, 0.29) is 5.91 Å². The Balaban J connectivity index is 1.60. The van der Waals surface area contributed by atoms with E-state index in [9.17, 15) is 4.79 Å². The maximum Gasteiger partial charge on any atom is 0.238 e. The quantitative estimate of drug-likeness (QED) is 0.945. The second kappa shape index (κ2) is 6.42. The van der Waals surface area contributed by atoms with Crippen molar-refractivity contribution >= 4 is 11.6 Å². The number of nitrogens with zero attached hydrogens (tertiary/aromatic N) is 2. The van der Waals surface area contributed by atoms with Gasteiger partial charge in [-0.15, -0.1) is 0 Å². The van der Waals surface area contributed by atoms with Crippen LogP contribution in [0.25, 0.3) is 0 Å². The van der Waals surface area contributed by atoms with E-state index >= 15 is 0 Å². The van der Waals surface area contributed by atoms with Crippen LogP contribution in [0.2, 0.25) is 0 Å². The minimum Gasteiger partial charge on any atom is -0.325 e. The molecule has 1 aliphatic heterocycles. The van der Waals surface area contributed by atoms with E-state index in [0.29, 0.717) is 17.8 Å². The van der Waals surface area contributed by atoms with Gasteiger partial charge in [0.1, 0.15) is 0 Å². The second-order valence-electron chi connectivity index (χ2n) is 5.47. The summed E-state index contributed by atoms with van der Waals surface area (Å²) < 4.78 is 0. The van der Waals surface area contributed by atoms with Gasteiger partial charge in [0.2, 0.25) is 5.91 Å². The van der Waals surface area contributed by atoms with Gasteiger partial charge in [0.05, 0.1) is 18.2 Å². The third kappa shape index (κ3) is 3.33. The van der Waals surface area contributed by atoms with Gasteiger partial charge in [-0.05, 0) is 35.7 Å². The molecule has 1 amide bonds. The molecule has 0 fully saturated rings. The minimum atomic E-state index is -0.0468. The highest BCUT2D eigenvalue weighted by atomic mass is 16.2. The molecule has 0 radical (unpaired) electrons. The van der Waals surface area contributed by atoms with Crippen LogP contribution in [0.4, 0.5) is 5.69 Å². The van der Waals surface area contributed by atoms with E-state index in [1.165, 1.54) is 11.1 Å². The van der Waals surface area contributed by atoms with E-state index in [1.807, 2.05) is 6.07 Å². The van der Waals surface area contributed by atoms with Crippen LogP contribution in [0, 0.1) is 11.3 Å². The highest BCUT2D eigenvalue weighted by Gasteiger charge is 2.17. The number of fused-ring (bicyclic) bond motifs is 1. The Morgan fingerprint density at radius 1 is 1.18 bits per heavy atom. The summed E-state index contributed by atoms with van der Waals surface area (Å²) in [7, 11) is 0. The zero-order valence-electron chi connectivity index (χ0n) is 12.2. The summed E-state index contributed by atoms with van der Waals surface area (Å²) in [5, 5.41) is 11.7. The van der Waals surface area contributed by atoms with Gasteiger partial charge in [-0.3, -0.25) is 9.69 Å². The molecule has 110 valence electrons. The third-order valence-corrected chi connectivity index (χ3v) is 3.85. The van der Waals surface area contributed by atoms with Crippen LogP contribution in [-0.4, -0.2) is 23.9 Å². The molecule has 4 heteroatoms. The van der Waals surface area contributed by atoms with Gasteiger partial charge in [-0.1, -0.05) is 30.3 Å². The number of hydrogen-bond acceptors (Lipinski definition) is 3. The summed E-state index contributed by atoms with van der Waals surface area (Å²) in [6, 6.07) is 17.4. The Bertz CT molecular complexity index is 733. The van der Waals surface area contributed by atoms with Crippen molar-refractivity contribution < 1.29 is 4.79 Å². The third-order valence-electron chi connectivity index (χ3n) is 3.85. The molecule has 0 aromatic heterocycles. The molecule has 0 saturated carbocycles. The number of nitrogens with one attached hydrogen (secondary N) is 1. The Kier molecular flexibility index (Phi) is 4.17. The van der Waals surface area contributed by atoms with Crippen LogP contribution in [0.5, 0.6) is 0 Å². The van der Waals surface area contributed by atoms with Gasteiger partial charge in [-0.2, -0.15) is 5.26 Å². The predicted octanol–water partition coefficient (Wildman–Crippen LogP) is 2.56. The van der Waals surface area contributed by atoms with Crippen molar-refractivity contribution in [2.75, 3.05) is 18.4 Å². The standard InChI is InChI=1S/C18H17N3O/c19-11-14-4-3-7-17(10-14)20-18(22)13-21-9-8-15-5-1-2-6-16(15)12-21/h1-7,10H,8-9,12-13H2,(H,20,22). The van der Waals surface area contributed by atoms with E-state index in [0.717, 1.165) is 19.5 Å². The number of hydrogen-bond donors (Lipinski definition) is 1. The van der Waals surface area contributed by atoms with Gasteiger partial charge in [-0.25, -0.2) is 0 Å². The zero-order valence-corrected chi connectivity index (χ0v) is 12.2. The molecule has 0 saturated heterocycles. The molecule has 0 atom stereocenters. The molecule has 22 heavy (non-hydrogen) atoms. The highest BCUT2D eigenvalue weighted by molar-refractivity contribution is 5.92. The molecule has 2 aromatic carbocycles. The molecule has 1 N–H and O–H groups in total. The molecular weight excluding hydrogens is 274 g/mol. The van der Waals surface area contributed by atoms with Gasteiger partial charge in [0.15, 0.2) is 0 Å². The fraction of sp³-hybridized carbons (Fsp3) is 0.222. The van der Waals surface area contributed by atoms with Crippen molar-refractivity contribution in [1.29, 1.82) is 5.26 Å². The van der Waals surface area contributed by atoms with Crippen molar-refractivity contribution in [2.45, 2.75) is 13.0 Å². The molecular formula is C18H17N3O. The van der Waals surface area contributed by atoms with Gasteiger partial charge < -0.3 is 5.32 Å². The number of rotatable bonds is 3. The monoisotopic (exact) mass is 291 g/mol. The fourth-order valence-electron chi connectivity index (χ4n) is 2.76. The van der Waals surface area contributed by atoms with Crippen LogP contribution >= 0.6 is 0 Å². The fourth-order valence-corrected chi connectivity index (χ4v) is 2.76. The minimum absolute atomic E-state index is 0.0468. The van der Waals surface area contributed by atoms with Crippen molar-refractivity contribution in [3.05, 3.63) is 65.2 Å². The lowest BCUT2D eigenvalue weighted by Crippen LogP contribution is -2.37. The summed E-state index contributed by atoms with van der Waals surface area (Å²) >= 11 is 0. The summed E-state index contributed by atoms with van der Waals surface area (Å²) in [4.78, 5) is 14.3. The first-order valence-corrected chi connectivity index (χ1v) is 7.34. The number of carbonyl (C=O) groups is 1. The SMILES string of the molecule is N#Cc1cccc(NC(=O)CN2CCc3ccccc3C2)c1. The van der Waals surface area contributed by atoms with Crippen LogP contribution in [0.1, 0.15) is 16.7 Å². The molecule has 0 aliphatic carbocycles. The van der Waals surface area contributed by atoms with Crippen molar-refractivity contribution in [1.82, 2.24) is 4.90 Å². The van der Waals surface area contributed by atoms with E-state index in [1.54, 1.807) is 24.3 Å².